The van der Waals surface area contributed by atoms with Gasteiger partial charge in [0.15, 0.2) is 11.5 Å². The Hall–Kier alpha value is -3.02. The minimum absolute atomic E-state index is 0.150. The molecular formula is C24H28N2O4. The van der Waals surface area contributed by atoms with E-state index in [9.17, 15) is 9.59 Å². The van der Waals surface area contributed by atoms with Crippen LogP contribution in [0.3, 0.4) is 0 Å². The van der Waals surface area contributed by atoms with Crippen LogP contribution in [0.2, 0.25) is 0 Å². The van der Waals surface area contributed by atoms with E-state index < -0.39 is 5.54 Å². The van der Waals surface area contributed by atoms with E-state index in [0.717, 1.165) is 37.7 Å². The number of ether oxygens (including phenoxy) is 2. The van der Waals surface area contributed by atoms with Crippen LogP contribution in [0, 0.1) is 0 Å². The third kappa shape index (κ3) is 3.99. The molecule has 158 valence electrons. The Morgan fingerprint density at radius 1 is 1.07 bits per heavy atom. The number of carbonyl (C=O) groups is 2. The molecule has 1 saturated carbocycles. The van der Waals surface area contributed by atoms with Gasteiger partial charge in [0.2, 0.25) is 5.91 Å². The first-order valence-corrected chi connectivity index (χ1v) is 10.6. The van der Waals surface area contributed by atoms with Crippen molar-refractivity contribution in [2.75, 3.05) is 13.7 Å². The second-order valence-electron chi connectivity index (χ2n) is 7.97. The average molecular weight is 408 g/mol. The molecule has 6 heteroatoms. The van der Waals surface area contributed by atoms with Crippen molar-refractivity contribution in [2.24, 2.45) is 0 Å². The molecule has 30 heavy (non-hydrogen) atoms. The van der Waals surface area contributed by atoms with Crippen LogP contribution in [0.5, 0.6) is 11.5 Å². The highest BCUT2D eigenvalue weighted by atomic mass is 16.5. The third-order valence-electron chi connectivity index (χ3n) is 6.02. The molecule has 1 atom stereocenters. The number of piperidine rings is 1. The molecule has 0 radical (unpaired) electrons. The predicted molar refractivity (Wildman–Crippen MR) is 114 cm³/mol. The number of rotatable bonds is 6. The lowest BCUT2D eigenvalue weighted by molar-refractivity contribution is -0.129. The zero-order valence-electron chi connectivity index (χ0n) is 17.3. The topological polar surface area (TPSA) is 76.7 Å². The van der Waals surface area contributed by atoms with Crippen molar-refractivity contribution < 1.29 is 19.1 Å². The van der Waals surface area contributed by atoms with E-state index in [1.54, 1.807) is 25.3 Å². The van der Waals surface area contributed by atoms with Gasteiger partial charge >= 0.3 is 0 Å². The van der Waals surface area contributed by atoms with Gasteiger partial charge in [-0.05, 0) is 62.3 Å². The quantitative estimate of drug-likeness (QED) is 0.766. The highest BCUT2D eigenvalue weighted by Crippen LogP contribution is 2.34. The maximum atomic E-state index is 13.2. The van der Waals surface area contributed by atoms with Gasteiger partial charge in [0.05, 0.1) is 13.2 Å². The Balaban J connectivity index is 1.62. The third-order valence-corrected chi connectivity index (χ3v) is 6.02. The lowest BCUT2D eigenvalue weighted by Gasteiger charge is -2.37. The first-order valence-electron chi connectivity index (χ1n) is 10.6. The summed E-state index contributed by atoms with van der Waals surface area (Å²) in [6.07, 6.45) is 5.82. The van der Waals surface area contributed by atoms with Crippen LogP contribution in [0.4, 0.5) is 0 Å². The Labute approximate surface area is 177 Å². The lowest BCUT2D eigenvalue weighted by Crippen LogP contribution is -2.59. The Morgan fingerprint density at radius 2 is 1.83 bits per heavy atom. The molecule has 6 nitrogen and oxygen atoms in total. The molecule has 4 rings (SSSR count). The van der Waals surface area contributed by atoms with Crippen LogP contribution in [0.25, 0.3) is 0 Å². The Bertz CT molecular complexity index is 909. The number of methoxy groups -OCH3 is 1. The maximum Gasteiger partial charge on any atom is 0.252 e. The van der Waals surface area contributed by atoms with Crippen LogP contribution >= 0.6 is 0 Å². The number of benzene rings is 2. The summed E-state index contributed by atoms with van der Waals surface area (Å²) in [4.78, 5) is 26.1. The normalized spacial score (nSPS) is 21.7. The van der Waals surface area contributed by atoms with Crippen LogP contribution < -0.4 is 20.1 Å². The molecule has 2 fully saturated rings. The molecule has 1 aliphatic carbocycles. The number of carbonyl (C=O) groups excluding carboxylic acids is 2. The van der Waals surface area contributed by atoms with Crippen molar-refractivity contribution in [3.63, 3.8) is 0 Å². The summed E-state index contributed by atoms with van der Waals surface area (Å²) >= 11 is 0. The van der Waals surface area contributed by atoms with Crippen LogP contribution in [0.1, 0.15) is 54.4 Å². The van der Waals surface area contributed by atoms with E-state index in [1.807, 2.05) is 30.3 Å². The zero-order chi connectivity index (χ0) is 21.0. The largest absolute Gasteiger partial charge is 0.493 e. The average Bonchev–Trinajstić information content (AvgIpc) is 3.29. The first-order chi connectivity index (χ1) is 14.6. The van der Waals surface area contributed by atoms with Crippen molar-refractivity contribution in [1.29, 1.82) is 0 Å². The predicted octanol–water partition coefficient (Wildman–Crippen LogP) is 3.55. The first kappa shape index (κ1) is 20.3. The Morgan fingerprint density at radius 3 is 2.53 bits per heavy atom. The van der Waals surface area contributed by atoms with Crippen molar-refractivity contribution in [3.05, 3.63) is 59.7 Å². The fourth-order valence-electron chi connectivity index (χ4n) is 4.37. The molecule has 2 amide bonds. The van der Waals surface area contributed by atoms with Crippen LogP contribution in [-0.2, 0) is 10.3 Å². The summed E-state index contributed by atoms with van der Waals surface area (Å²) < 4.78 is 11.6. The van der Waals surface area contributed by atoms with Gasteiger partial charge in [0.25, 0.3) is 5.91 Å². The summed E-state index contributed by atoms with van der Waals surface area (Å²) in [5.74, 6) is 0.685. The summed E-state index contributed by atoms with van der Waals surface area (Å²) in [6.45, 7) is 0.616. The SMILES string of the molecule is COc1ccc(C(=O)N[C@]2(c3ccccc3)CCCNC2=O)cc1OC1CCCC1. The molecule has 2 aromatic rings. The van der Waals surface area contributed by atoms with E-state index in [2.05, 4.69) is 10.6 Å². The number of hydrogen-bond donors (Lipinski definition) is 2. The van der Waals surface area contributed by atoms with Crippen molar-refractivity contribution >= 4 is 11.8 Å². The van der Waals surface area contributed by atoms with E-state index in [1.165, 1.54) is 0 Å². The molecule has 2 N–H and O–H groups in total. The van der Waals surface area contributed by atoms with Gasteiger partial charge in [-0.1, -0.05) is 30.3 Å². The second-order valence-corrected chi connectivity index (χ2v) is 7.97. The highest BCUT2D eigenvalue weighted by Gasteiger charge is 2.43. The summed E-state index contributed by atoms with van der Waals surface area (Å²) in [7, 11) is 1.59. The monoisotopic (exact) mass is 408 g/mol. The van der Waals surface area contributed by atoms with Gasteiger partial charge in [0, 0.05) is 12.1 Å². The zero-order valence-corrected chi connectivity index (χ0v) is 17.3. The molecule has 1 aliphatic heterocycles. The highest BCUT2D eigenvalue weighted by molar-refractivity contribution is 6.00. The summed E-state index contributed by atoms with van der Waals surface area (Å²) in [6, 6.07) is 14.6. The van der Waals surface area contributed by atoms with E-state index >= 15 is 0 Å². The smallest absolute Gasteiger partial charge is 0.252 e. The van der Waals surface area contributed by atoms with Gasteiger partial charge in [-0.25, -0.2) is 0 Å². The standard InChI is InChI=1S/C24H28N2O4/c1-29-20-13-12-17(16-21(20)30-19-10-5-6-11-19)22(27)26-24(14-7-15-25-23(24)28)18-8-3-2-4-9-18/h2-4,8-9,12-13,16,19H,5-7,10-11,14-15H2,1H3,(H,25,28)(H,26,27)/t24-/m0/s1. The van der Waals surface area contributed by atoms with Crippen molar-refractivity contribution in [2.45, 2.75) is 50.2 Å². The fraction of sp³-hybridized carbons (Fsp3) is 0.417. The molecule has 0 aromatic heterocycles. The van der Waals surface area contributed by atoms with Crippen LogP contribution in [0.15, 0.2) is 48.5 Å². The van der Waals surface area contributed by atoms with Gasteiger partial charge in [-0.3, -0.25) is 9.59 Å². The molecule has 0 spiro atoms. The fourth-order valence-corrected chi connectivity index (χ4v) is 4.37. The minimum Gasteiger partial charge on any atom is -0.493 e. The number of nitrogens with one attached hydrogen (secondary N) is 2. The molecule has 2 aromatic carbocycles. The van der Waals surface area contributed by atoms with E-state index in [4.69, 9.17) is 9.47 Å². The van der Waals surface area contributed by atoms with E-state index in [0.29, 0.717) is 30.0 Å². The molecule has 0 bridgehead atoms. The van der Waals surface area contributed by atoms with E-state index in [-0.39, 0.29) is 17.9 Å². The molecule has 1 saturated heterocycles. The molecule has 1 heterocycles. The lowest BCUT2D eigenvalue weighted by atomic mass is 9.82. The van der Waals surface area contributed by atoms with Gasteiger partial charge in [-0.15, -0.1) is 0 Å². The second kappa shape index (κ2) is 8.78. The van der Waals surface area contributed by atoms with Crippen LogP contribution in [-0.4, -0.2) is 31.6 Å². The summed E-state index contributed by atoms with van der Waals surface area (Å²) in [5.41, 5.74) is 0.146. The number of hydrogen-bond acceptors (Lipinski definition) is 4. The van der Waals surface area contributed by atoms with Gasteiger partial charge in [0.1, 0.15) is 5.54 Å². The molecule has 0 unspecified atom stereocenters. The summed E-state index contributed by atoms with van der Waals surface area (Å²) in [5, 5.41) is 5.93. The minimum atomic E-state index is -1.08. The number of amides is 2. The Kier molecular flexibility index (Phi) is 5.93. The van der Waals surface area contributed by atoms with Gasteiger partial charge < -0.3 is 20.1 Å². The van der Waals surface area contributed by atoms with Crippen molar-refractivity contribution in [3.8, 4) is 11.5 Å². The van der Waals surface area contributed by atoms with Crippen molar-refractivity contribution in [1.82, 2.24) is 10.6 Å². The maximum absolute atomic E-state index is 13.2. The molecule has 2 aliphatic rings. The van der Waals surface area contributed by atoms with Gasteiger partial charge in [-0.2, -0.15) is 0 Å². The molecular weight excluding hydrogens is 380 g/mol.